The normalized spacial score (nSPS) is 25.2. The van der Waals surface area contributed by atoms with Gasteiger partial charge in [-0.2, -0.15) is 0 Å². The molecule has 1 N–H and O–H groups in total. The van der Waals surface area contributed by atoms with Gasteiger partial charge < -0.3 is 28.8 Å². The standard InChI is InChI=1S/C31H35NO8/c1-3-37-27(34)15-21(13-19-5-7-22(33)8-6-19)30(35)40-29-26(36-2)17-31-10-4-11-32(31)12-9-20-14-24-25(39-18-38-24)16-23(20)28(29)31/h5-8,14,16-17,21,28-29,33H,3-4,9-13,15,18H2,1-2H3/t21-,28+,29+,31-/m0/s1. The van der Waals surface area contributed by atoms with Crippen molar-refractivity contribution in [1.82, 2.24) is 4.90 Å². The molecule has 3 heterocycles. The van der Waals surface area contributed by atoms with Gasteiger partial charge in [-0.15, -0.1) is 0 Å². The topological polar surface area (TPSA) is 104 Å². The lowest BCUT2D eigenvalue weighted by molar-refractivity contribution is -0.160. The van der Waals surface area contributed by atoms with Crippen LogP contribution in [0.3, 0.4) is 0 Å². The monoisotopic (exact) mass is 549 g/mol. The van der Waals surface area contributed by atoms with E-state index in [1.165, 1.54) is 0 Å². The van der Waals surface area contributed by atoms with Crippen LogP contribution >= 0.6 is 0 Å². The van der Waals surface area contributed by atoms with Gasteiger partial charge in [0, 0.05) is 6.54 Å². The highest BCUT2D eigenvalue weighted by Crippen LogP contribution is 2.55. The molecule has 9 heteroatoms. The Morgan fingerprint density at radius 2 is 1.93 bits per heavy atom. The first kappa shape index (κ1) is 26.5. The highest BCUT2D eigenvalue weighted by atomic mass is 16.7. The summed E-state index contributed by atoms with van der Waals surface area (Å²) in [6.45, 7) is 3.99. The number of nitrogens with zero attached hydrogens (tertiary/aromatic N) is 1. The van der Waals surface area contributed by atoms with E-state index in [2.05, 4.69) is 17.0 Å². The maximum Gasteiger partial charge on any atom is 0.310 e. The molecule has 2 aromatic carbocycles. The van der Waals surface area contributed by atoms with Crippen LogP contribution in [-0.4, -0.2) is 67.2 Å². The average molecular weight is 550 g/mol. The molecule has 9 nitrogen and oxygen atoms in total. The van der Waals surface area contributed by atoms with Crippen LogP contribution in [0.15, 0.2) is 48.2 Å². The van der Waals surface area contributed by atoms with Gasteiger partial charge in [0.05, 0.1) is 37.5 Å². The molecule has 3 aliphatic heterocycles. The summed E-state index contributed by atoms with van der Waals surface area (Å²) in [5.41, 5.74) is 2.70. The lowest BCUT2D eigenvalue weighted by atomic mass is 9.77. The van der Waals surface area contributed by atoms with Crippen LogP contribution in [0.25, 0.3) is 0 Å². The summed E-state index contributed by atoms with van der Waals surface area (Å²) in [6, 6.07) is 10.7. The number of carbonyl (C=O) groups is 2. The molecule has 0 radical (unpaired) electrons. The third-order valence-electron chi connectivity index (χ3n) is 8.68. The van der Waals surface area contributed by atoms with Crippen molar-refractivity contribution in [2.24, 2.45) is 5.92 Å². The van der Waals surface area contributed by atoms with Crippen molar-refractivity contribution in [2.45, 2.75) is 56.6 Å². The Morgan fingerprint density at radius 1 is 1.15 bits per heavy atom. The van der Waals surface area contributed by atoms with Crippen LogP contribution in [0.2, 0.25) is 0 Å². The van der Waals surface area contributed by atoms with E-state index in [1.54, 1.807) is 38.3 Å². The van der Waals surface area contributed by atoms with Crippen LogP contribution < -0.4 is 9.47 Å². The highest BCUT2D eigenvalue weighted by Gasteiger charge is 2.58. The predicted octanol–water partition coefficient (Wildman–Crippen LogP) is 3.86. The number of rotatable bonds is 8. The zero-order valence-corrected chi connectivity index (χ0v) is 22.9. The Bertz CT molecular complexity index is 1320. The van der Waals surface area contributed by atoms with Gasteiger partial charge in [0.1, 0.15) is 11.5 Å². The second kappa shape index (κ2) is 10.7. The van der Waals surface area contributed by atoms with E-state index in [9.17, 15) is 14.7 Å². The Labute approximate surface area is 233 Å². The van der Waals surface area contributed by atoms with Crippen molar-refractivity contribution in [2.75, 3.05) is 33.6 Å². The smallest absolute Gasteiger partial charge is 0.310 e. The molecule has 4 atom stereocenters. The first-order valence-corrected chi connectivity index (χ1v) is 14.0. The van der Waals surface area contributed by atoms with Crippen LogP contribution in [0.5, 0.6) is 17.2 Å². The number of fused-ring (bicyclic) bond motifs is 3. The lowest BCUT2D eigenvalue weighted by Gasteiger charge is -2.39. The summed E-state index contributed by atoms with van der Waals surface area (Å²) < 4.78 is 28.9. The second-order valence-electron chi connectivity index (χ2n) is 10.9. The fraction of sp³-hybridized carbons (Fsp3) is 0.484. The van der Waals surface area contributed by atoms with Crippen molar-refractivity contribution >= 4 is 11.9 Å². The van der Waals surface area contributed by atoms with E-state index in [4.69, 9.17) is 23.7 Å². The summed E-state index contributed by atoms with van der Waals surface area (Å²) in [5.74, 6) is 0.292. The largest absolute Gasteiger partial charge is 0.508 e. The van der Waals surface area contributed by atoms with E-state index >= 15 is 0 Å². The zero-order valence-electron chi connectivity index (χ0n) is 22.9. The minimum Gasteiger partial charge on any atom is -0.508 e. The molecule has 1 aliphatic carbocycles. The molecule has 1 spiro atoms. The number of aromatic hydroxyl groups is 1. The fourth-order valence-electron chi connectivity index (χ4n) is 6.89. The van der Waals surface area contributed by atoms with Gasteiger partial charge in [0.25, 0.3) is 0 Å². The Kier molecular flexibility index (Phi) is 7.08. The number of carbonyl (C=O) groups excluding carboxylic acids is 2. The molecule has 0 saturated carbocycles. The minimum absolute atomic E-state index is 0.108. The van der Waals surface area contributed by atoms with Gasteiger partial charge in [-0.05, 0) is 86.2 Å². The van der Waals surface area contributed by atoms with Gasteiger partial charge in [-0.3, -0.25) is 14.5 Å². The van der Waals surface area contributed by atoms with Crippen LogP contribution in [-0.2, 0) is 36.6 Å². The van der Waals surface area contributed by atoms with Gasteiger partial charge in [-0.25, -0.2) is 0 Å². The first-order valence-electron chi connectivity index (χ1n) is 14.0. The molecule has 40 heavy (non-hydrogen) atoms. The predicted molar refractivity (Wildman–Crippen MR) is 144 cm³/mol. The molecule has 0 amide bonds. The molecular formula is C31H35NO8. The lowest BCUT2D eigenvalue weighted by Crippen LogP contribution is -2.47. The number of hydrogen-bond donors (Lipinski definition) is 1. The van der Waals surface area contributed by atoms with Crippen molar-refractivity contribution in [3.05, 3.63) is 64.9 Å². The number of phenolic OH excluding ortho intramolecular Hbond substituents is 1. The Morgan fingerprint density at radius 3 is 2.67 bits per heavy atom. The molecule has 0 aromatic heterocycles. The quantitative estimate of drug-likeness (QED) is 0.492. The van der Waals surface area contributed by atoms with Crippen LogP contribution in [0.4, 0.5) is 0 Å². The number of ether oxygens (including phenoxy) is 5. The third kappa shape index (κ3) is 4.66. The van der Waals surface area contributed by atoms with E-state index < -0.39 is 24.0 Å². The van der Waals surface area contributed by atoms with Gasteiger partial charge >= 0.3 is 11.9 Å². The van der Waals surface area contributed by atoms with Crippen molar-refractivity contribution in [3.8, 4) is 17.2 Å². The maximum atomic E-state index is 13.9. The van der Waals surface area contributed by atoms with Crippen LogP contribution in [0, 0.1) is 5.92 Å². The fourth-order valence-corrected chi connectivity index (χ4v) is 6.89. The van der Waals surface area contributed by atoms with E-state index in [-0.39, 0.29) is 43.4 Å². The first-order chi connectivity index (χ1) is 19.4. The molecule has 4 aliphatic rings. The molecular weight excluding hydrogens is 514 g/mol. The summed E-state index contributed by atoms with van der Waals surface area (Å²) in [4.78, 5) is 28.9. The summed E-state index contributed by atoms with van der Waals surface area (Å²) >= 11 is 0. The Balaban J connectivity index is 1.35. The summed E-state index contributed by atoms with van der Waals surface area (Å²) in [7, 11) is 1.61. The third-order valence-corrected chi connectivity index (χ3v) is 8.68. The summed E-state index contributed by atoms with van der Waals surface area (Å²) in [5, 5.41) is 9.70. The van der Waals surface area contributed by atoms with Crippen molar-refractivity contribution < 1.29 is 38.4 Å². The number of hydrogen-bond acceptors (Lipinski definition) is 9. The highest BCUT2D eigenvalue weighted by molar-refractivity contribution is 5.80. The number of benzene rings is 2. The van der Waals surface area contributed by atoms with Crippen molar-refractivity contribution in [3.63, 3.8) is 0 Å². The van der Waals surface area contributed by atoms with Crippen LogP contribution in [0.1, 0.15) is 48.8 Å². The number of esters is 2. The number of methoxy groups -OCH3 is 1. The zero-order chi connectivity index (χ0) is 27.9. The van der Waals surface area contributed by atoms with Crippen molar-refractivity contribution in [1.29, 1.82) is 0 Å². The summed E-state index contributed by atoms with van der Waals surface area (Å²) in [6.07, 6.45) is 4.47. The molecule has 2 aromatic rings. The minimum atomic E-state index is -0.764. The average Bonchev–Trinajstić information content (AvgIpc) is 3.63. The molecule has 0 unspecified atom stereocenters. The molecule has 6 rings (SSSR count). The van der Waals surface area contributed by atoms with Gasteiger partial charge in [0.15, 0.2) is 17.6 Å². The van der Waals surface area contributed by atoms with Gasteiger partial charge in [-0.1, -0.05) is 12.1 Å². The van der Waals surface area contributed by atoms with E-state index in [0.29, 0.717) is 11.5 Å². The molecule has 212 valence electrons. The molecule has 1 saturated heterocycles. The van der Waals surface area contributed by atoms with E-state index in [0.717, 1.165) is 54.8 Å². The SMILES string of the molecule is CCOC(=O)C[C@H](Cc1ccc(O)cc1)C(=O)O[C@@H]1C(OC)=C[C@]23CCCN2CCc2cc4c(cc2[C@H]13)OCO4. The van der Waals surface area contributed by atoms with E-state index in [1.807, 2.05) is 6.07 Å². The molecule has 1 fully saturated rings. The van der Waals surface area contributed by atoms with Gasteiger partial charge in [0.2, 0.25) is 6.79 Å². The Hall–Kier alpha value is -3.72. The second-order valence-corrected chi connectivity index (χ2v) is 10.9. The molecule has 0 bridgehead atoms. The number of phenols is 1. The maximum absolute atomic E-state index is 13.9.